The number of aliphatic imine (C=N–C) groups is 1. The van der Waals surface area contributed by atoms with Crippen LogP contribution in [0.5, 0.6) is 11.5 Å². The number of aromatic amines is 1. The number of anilines is 2. The molecular weight excluding hydrogens is 510 g/mol. The van der Waals surface area contributed by atoms with E-state index in [1.54, 1.807) is 0 Å². The Morgan fingerprint density at radius 2 is 1.66 bits per heavy atom. The third kappa shape index (κ3) is 4.27. The van der Waals surface area contributed by atoms with Crippen molar-refractivity contribution in [1.82, 2.24) is 9.88 Å². The molecule has 0 bridgehead atoms. The van der Waals surface area contributed by atoms with Crippen molar-refractivity contribution in [1.29, 1.82) is 0 Å². The van der Waals surface area contributed by atoms with Crippen LogP contribution < -0.4 is 15.4 Å². The number of aromatic nitrogens is 1. The van der Waals surface area contributed by atoms with Crippen LogP contribution in [0.4, 0.5) is 11.4 Å². The lowest BCUT2D eigenvalue weighted by molar-refractivity contribution is 0.0665. The molecule has 210 valence electrons. The van der Waals surface area contributed by atoms with Crippen molar-refractivity contribution in [2.24, 2.45) is 4.99 Å². The quantitative estimate of drug-likeness (QED) is 0.196. The number of fused-ring (bicyclic) bond motifs is 6. The Kier molecular flexibility index (Phi) is 7.03. The maximum absolute atomic E-state index is 14.1. The molecule has 0 fully saturated rings. The van der Waals surface area contributed by atoms with Gasteiger partial charge in [-0.05, 0) is 68.7 Å². The van der Waals surface area contributed by atoms with Crippen LogP contribution in [0.15, 0.2) is 71.9 Å². The molecule has 1 unspecified atom stereocenters. The average molecular weight is 548 g/mol. The number of amides is 1. The number of carbonyl (C=O) groups is 1. The van der Waals surface area contributed by atoms with E-state index in [1.807, 2.05) is 42.7 Å². The van der Waals surface area contributed by atoms with Gasteiger partial charge in [0.1, 0.15) is 17.0 Å². The van der Waals surface area contributed by atoms with Crippen LogP contribution >= 0.6 is 0 Å². The summed E-state index contributed by atoms with van der Waals surface area (Å²) in [5.74, 6) is 1.56. The normalized spacial score (nSPS) is 17.0. The first-order valence-corrected chi connectivity index (χ1v) is 14.6. The predicted octanol–water partition coefficient (Wildman–Crippen LogP) is 7.07. The van der Waals surface area contributed by atoms with Gasteiger partial charge in [-0.25, -0.2) is 0 Å². The lowest BCUT2D eigenvalue weighted by atomic mass is 9.73. The summed E-state index contributed by atoms with van der Waals surface area (Å²) in [5.41, 5.74) is 7.94. The fourth-order valence-electron chi connectivity index (χ4n) is 6.32. The molecule has 2 aliphatic heterocycles. The van der Waals surface area contributed by atoms with Crippen molar-refractivity contribution in [3.05, 3.63) is 106 Å². The number of benzene rings is 3. The smallest absolute Gasteiger partial charge is 0.255 e. The van der Waals surface area contributed by atoms with E-state index in [1.165, 1.54) is 0 Å². The largest absolute Gasteiger partial charge is 0.456 e. The fourth-order valence-corrected chi connectivity index (χ4v) is 6.32. The van der Waals surface area contributed by atoms with Gasteiger partial charge in [0.25, 0.3) is 5.91 Å². The molecule has 4 aromatic rings. The minimum absolute atomic E-state index is 0.0485. The van der Waals surface area contributed by atoms with Crippen LogP contribution in [-0.4, -0.2) is 41.6 Å². The van der Waals surface area contributed by atoms with Crippen LogP contribution in [0.25, 0.3) is 0 Å². The minimum Gasteiger partial charge on any atom is -0.456 e. The third-order valence-electron chi connectivity index (χ3n) is 8.01. The number of carbonyl (C=O) groups excluding carboxylic acids is 1. The van der Waals surface area contributed by atoms with Gasteiger partial charge in [-0.2, -0.15) is 0 Å². The minimum atomic E-state index is -0.825. The first-order chi connectivity index (χ1) is 20.0. The highest BCUT2D eigenvalue weighted by Crippen LogP contribution is 2.58. The summed E-state index contributed by atoms with van der Waals surface area (Å²) in [7, 11) is 0. The predicted molar refractivity (Wildman–Crippen MR) is 166 cm³/mol. The van der Waals surface area contributed by atoms with E-state index >= 15 is 0 Å². The van der Waals surface area contributed by atoms with Crippen LogP contribution in [0.2, 0.25) is 0 Å². The van der Waals surface area contributed by atoms with Gasteiger partial charge in [0.15, 0.2) is 0 Å². The van der Waals surface area contributed by atoms with Gasteiger partial charge in [-0.15, -0.1) is 0 Å². The van der Waals surface area contributed by atoms with E-state index in [4.69, 9.17) is 9.73 Å². The van der Waals surface area contributed by atoms with Crippen molar-refractivity contribution in [2.75, 3.05) is 30.3 Å². The van der Waals surface area contributed by atoms with Crippen molar-refractivity contribution in [3.8, 4) is 11.5 Å². The molecule has 0 aliphatic carbocycles. The number of rotatable bonds is 9. The average Bonchev–Trinajstić information content (AvgIpc) is 3.57. The molecule has 6 rings (SSSR count). The second-order valence-electron chi connectivity index (χ2n) is 10.6. The molecule has 41 heavy (non-hydrogen) atoms. The molecule has 1 amide bonds. The highest BCUT2D eigenvalue weighted by Gasteiger charge is 2.56. The van der Waals surface area contributed by atoms with E-state index in [0.29, 0.717) is 13.1 Å². The van der Waals surface area contributed by atoms with E-state index in [-0.39, 0.29) is 5.91 Å². The van der Waals surface area contributed by atoms with Gasteiger partial charge in [0, 0.05) is 83.5 Å². The summed E-state index contributed by atoms with van der Waals surface area (Å²) < 4.78 is 6.72. The van der Waals surface area contributed by atoms with Crippen molar-refractivity contribution >= 4 is 23.5 Å². The summed E-state index contributed by atoms with van der Waals surface area (Å²) in [5, 5.41) is 6.98. The summed E-state index contributed by atoms with van der Waals surface area (Å²) in [6.45, 7) is 11.1. The highest BCUT2D eigenvalue weighted by atomic mass is 16.5. The Balaban J connectivity index is 1.63. The summed E-state index contributed by atoms with van der Waals surface area (Å²) in [4.78, 5) is 24.2. The zero-order chi connectivity index (χ0) is 28.6. The Hall–Kier alpha value is -4.52. The van der Waals surface area contributed by atoms with Gasteiger partial charge in [0.05, 0.1) is 6.54 Å². The van der Waals surface area contributed by atoms with Crippen LogP contribution in [0.1, 0.15) is 71.1 Å². The number of ether oxygens (including phenoxy) is 1. The van der Waals surface area contributed by atoms with Gasteiger partial charge in [-0.3, -0.25) is 9.79 Å². The molecule has 3 heterocycles. The zero-order valence-corrected chi connectivity index (χ0v) is 24.2. The molecule has 0 radical (unpaired) electrons. The molecular formula is C34H37N5O2. The van der Waals surface area contributed by atoms with Gasteiger partial charge >= 0.3 is 0 Å². The van der Waals surface area contributed by atoms with Gasteiger partial charge in [-0.1, -0.05) is 25.1 Å². The molecule has 1 aromatic heterocycles. The summed E-state index contributed by atoms with van der Waals surface area (Å²) in [6.07, 6.45) is 4.67. The van der Waals surface area contributed by atoms with E-state index < -0.39 is 5.54 Å². The molecule has 2 aliphatic rings. The van der Waals surface area contributed by atoms with Crippen molar-refractivity contribution in [3.63, 3.8) is 0 Å². The fraction of sp³-hybridized carbons (Fsp3) is 0.294. The number of hydrogen-bond acceptors (Lipinski definition) is 5. The molecule has 1 spiro atoms. The summed E-state index contributed by atoms with van der Waals surface area (Å²) >= 11 is 0. The first kappa shape index (κ1) is 26.7. The molecule has 7 nitrogen and oxygen atoms in total. The first-order valence-electron chi connectivity index (χ1n) is 14.6. The topological polar surface area (TPSA) is 81.8 Å². The monoisotopic (exact) mass is 547 g/mol. The number of nitrogens with zero attached hydrogens (tertiary/aromatic N) is 2. The van der Waals surface area contributed by atoms with Crippen molar-refractivity contribution in [2.45, 2.75) is 46.2 Å². The lowest BCUT2D eigenvalue weighted by Crippen LogP contribution is -2.47. The second kappa shape index (κ2) is 10.8. The van der Waals surface area contributed by atoms with E-state index in [9.17, 15) is 4.79 Å². The second-order valence-corrected chi connectivity index (χ2v) is 10.6. The van der Waals surface area contributed by atoms with Gasteiger partial charge in [0.2, 0.25) is 0 Å². The summed E-state index contributed by atoms with van der Waals surface area (Å²) in [6, 6.07) is 20.6. The number of nitrogens with one attached hydrogen (secondary N) is 3. The molecule has 1 atom stereocenters. The molecule has 0 saturated carbocycles. The molecule has 3 aromatic carbocycles. The molecule has 0 saturated heterocycles. The Morgan fingerprint density at radius 1 is 0.927 bits per heavy atom. The highest BCUT2D eigenvalue weighted by molar-refractivity contribution is 6.03. The number of aryl methyl sites for hydroxylation is 1. The lowest BCUT2D eigenvalue weighted by Gasteiger charge is -2.45. The van der Waals surface area contributed by atoms with E-state index in [0.717, 1.165) is 81.5 Å². The number of H-pyrrole nitrogens is 1. The van der Waals surface area contributed by atoms with Crippen LogP contribution in [-0.2, 0) is 12.1 Å². The van der Waals surface area contributed by atoms with Crippen molar-refractivity contribution < 1.29 is 9.53 Å². The maximum Gasteiger partial charge on any atom is 0.255 e. The molecule has 3 N–H and O–H groups in total. The standard InChI is InChI=1S/C34H37N5O2/c1-5-15-39-33(40)25-12-8-9-13-26(25)34(39)27-16-22(4)29(36-6-2)18-31(27)41-32-19-30(37-7-3)23(17-28(32)34)20-35-21-24-11-10-14-38-24/h8-14,16-20,36-38H,5-7,15,21H2,1-4H3. The number of hydrogen-bond donors (Lipinski definition) is 3. The SMILES string of the molecule is CCCN1C(=O)c2ccccc2C12c1cc(C)c(NCC)cc1Oc1cc(NCC)c(C=NCc3ccc[nH]3)cc12. The van der Waals surface area contributed by atoms with Gasteiger partial charge < -0.3 is 25.3 Å². The Bertz CT molecular complexity index is 1620. The van der Waals surface area contributed by atoms with Crippen LogP contribution in [0.3, 0.4) is 0 Å². The maximum atomic E-state index is 14.1. The zero-order valence-electron chi connectivity index (χ0n) is 24.2. The Labute approximate surface area is 241 Å². The molecule has 7 heteroatoms. The Morgan fingerprint density at radius 3 is 2.39 bits per heavy atom. The third-order valence-corrected chi connectivity index (χ3v) is 8.01. The van der Waals surface area contributed by atoms with Crippen LogP contribution in [0, 0.1) is 6.92 Å². The van der Waals surface area contributed by atoms with E-state index in [2.05, 4.69) is 78.5 Å².